The molecule has 0 aliphatic heterocycles. The average Bonchev–Trinajstić information content (AvgIpc) is 2.36. The van der Waals surface area contributed by atoms with Crippen molar-refractivity contribution in [2.24, 2.45) is 0 Å². The van der Waals surface area contributed by atoms with Crippen LogP contribution in [0.5, 0.6) is 0 Å². The molecule has 1 aromatic rings. The molecule has 4 nitrogen and oxygen atoms in total. The van der Waals surface area contributed by atoms with E-state index in [0.29, 0.717) is 25.5 Å². The molecule has 0 saturated heterocycles. The van der Waals surface area contributed by atoms with E-state index in [1.54, 1.807) is 14.2 Å². The van der Waals surface area contributed by atoms with E-state index in [1.807, 2.05) is 0 Å². The van der Waals surface area contributed by atoms with Crippen LogP contribution in [0, 0.1) is 0 Å². The second kappa shape index (κ2) is 7.42. The minimum Gasteiger partial charge on any atom is -0.383 e. The second-order valence-electron chi connectivity index (χ2n) is 4.02. The quantitative estimate of drug-likeness (QED) is 0.826. The molecule has 1 N–H and O–H groups in total. The number of methoxy groups -OCH3 is 2. The van der Waals surface area contributed by atoms with E-state index in [-0.39, 0.29) is 6.04 Å². The van der Waals surface area contributed by atoms with Gasteiger partial charge in [-0.1, -0.05) is 0 Å². The number of alkyl halides is 3. The van der Waals surface area contributed by atoms with Gasteiger partial charge in [0.15, 0.2) is 0 Å². The van der Waals surface area contributed by atoms with Gasteiger partial charge in [-0.3, -0.25) is 4.98 Å². The summed E-state index contributed by atoms with van der Waals surface area (Å²) in [6.07, 6.45) is -3.52. The molecular formula is C12H17F3N2O2. The fraction of sp³-hybridized carbons (Fsp3) is 0.583. The molecule has 0 bridgehead atoms. The molecule has 19 heavy (non-hydrogen) atoms. The Labute approximate surface area is 109 Å². The molecule has 0 atom stereocenters. The van der Waals surface area contributed by atoms with Gasteiger partial charge in [0.1, 0.15) is 0 Å². The molecule has 0 aliphatic rings. The van der Waals surface area contributed by atoms with Gasteiger partial charge in [0.2, 0.25) is 0 Å². The summed E-state index contributed by atoms with van der Waals surface area (Å²) in [5.74, 6) is 0. The summed E-state index contributed by atoms with van der Waals surface area (Å²) in [4.78, 5) is 3.77. The third-order valence-corrected chi connectivity index (χ3v) is 2.46. The van der Waals surface area contributed by atoms with E-state index in [9.17, 15) is 13.2 Å². The highest BCUT2D eigenvalue weighted by Gasteiger charge is 2.30. The number of hydrogen-bond donors (Lipinski definition) is 1. The maximum atomic E-state index is 12.3. The van der Waals surface area contributed by atoms with Gasteiger partial charge < -0.3 is 14.8 Å². The smallest absolute Gasteiger partial charge is 0.383 e. The van der Waals surface area contributed by atoms with Crippen LogP contribution in [-0.4, -0.2) is 38.5 Å². The van der Waals surface area contributed by atoms with Gasteiger partial charge in [0.05, 0.1) is 30.5 Å². The van der Waals surface area contributed by atoms with Crippen molar-refractivity contribution >= 4 is 0 Å². The predicted octanol–water partition coefficient (Wildman–Crippen LogP) is 1.85. The fourth-order valence-electron chi connectivity index (χ4n) is 1.51. The lowest BCUT2D eigenvalue weighted by molar-refractivity contribution is -0.137. The molecule has 1 aromatic heterocycles. The van der Waals surface area contributed by atoms with Crippen LogP contribution in [0.15, 0.2) is 18.3 Å². The van der Waals surface area contributed by atoms with Gasteiger partial charge in [-0.15, -0.1) is 0 Å². The van der Waals surface area contributed by atoms with Gasteiger partial charge in [-0.05, 0) is 12.1 Å². The molecular weight excluding hydrogens is 261 g/mol. The summed E-state index contributed by atoms with van der Waals surface area (Å²) in [7, 11) is 3.14. The lowest BCUT2D eigenvalue weighted by atomic mass is 10.2. The summed E-state index contributed by atoms with van der Waals surface area (Å²) in [5.41, 5.74) is -0.216. The zero-order valence-electron chi connectivity index (χ0n) is 10.8. The minimum atomic E-state index is -4.35. The molecule has 1 heterocycles. The first-order valence-corrected chi connectivity index (χ1v) is 5.70. The van der Waals surface area contributed by atoms with Crippen molar-refractivity contribution in [3.63, 3.8) is 0 Å². The van der Waals surface area contributed by atoms with Crippen molar-refractivity contribution in [1.29, 1.82) is 0 Å². The Hall–Kier alpha value is -1.18. The van der Waals surface area contributed by atoms with E-state index in [1.165, 1.54) is 6.07 Å². The van der Waals surface area contributed by atoms with E-state index >= 15 is 0 Å². The van der Waals surface area contributed by atoms with Crippen LogP contribution >= 0.6 is 0 Å². The van der Waals surface area contributed by atoms with Gasteiger partial charge in [0.25, 0.3) is 0 Å². The molecule has 0 unspecified atom stereocenters. The highest BCUT2D eigenvalue weighted by Crippen LogP contribution is 2.28. The highest BCUT2D eigenvalue weighted by atomic mass is 19.4. The van der Waals surface area contributed by atoms with Crippen molar-refractivity contribution in [2.45, 2.75) is 18.8 Å². The molecule has 0 fully saturated rings. The Morgan fingerprint density at radius 1 is 1.21 bits per heavy atom. The standard InChI is InChI=1S/C12H17F3N2O2/c1-18-7-11(8-19-2)17-6-10-4-3-9(5-16-10)12(13,14)15/h3-5,11,17H,6-8H2,1-2H3. The Morgan fingerprint density at radius 3 is 2.26 bits per heavy atom. The molecule has 0 radical (unpaired) electrons. The molecule has 7 heteroatoms. The first-order chi connectivity index (χ1) is 8.97. The highest BCUT2D eigenvalue weighted by molar-refractivity contribution is 5.16. The van der Waals surface area contributed by atoms with Crippen molar-refractivity contribution in [1.82, 2.24) is 10.3 Å². The van der Waals surface area contributed by atoms with E-state index in [2.05, 4.69) is 10.3 Å². The average molecular weight is 278 g/mol. The zero-order chi connectivity index (χ0) is 14.3. The van der Waals surface area contributed by atoms with Crippen molar-refractivity contribution in [3.8, 4) is 0 Å². The van der Waals surface area contributed by atoms with Crippen LogP contribution in [0.1, 0.15) is 11.3 Å². The van der Waals surface area contributed by atoms with E-state index < -0.39 is 11.7 Å². The van der Waals surface area contributed by atoms with Crippen LogP contribution in [0.2, 0.25) is 0 Å². The lowest BCUT2D eigenvalue weighted by Gasteiger charge is -2.16. The third kappa shape index (κ3) is 5.54. The van der Waals surface area contributed by atoms with Crippen molar-refractivity contribution in [3.05, 3.63) is 29.6 Å². The number of hydrogen-bond acceptors (Lipinski definition) is 4. The number of nitrogens with zero attached hydrogens (tertiary/aromatic N) is 1. The molecule has 1 rings (SSSR count). The van der Waals surface area contributed by atoms with Gasteiger partial charge in [-0.2, -0.15) is 13.2 Å². The van der Waals surface area contributed by atoms with Crippen molar-refractivity contribution < 1.29 is 22.6 Å². The van der Waals surface area contributed by atoms with Gasteiger partial charge >= 0.3 is 6.18 Å². The lowest BCUT2D eigenvalue weighted by Crippen LogP contribution is -2.36. The fourth-order valence-corrected chi connectivity index (χ4v) is 1.51. The molecule has 0 aromatic carbocycles. The molecule has 0 aliphatic carbocycles. The maximum absolute atomic E-state index is 12.3. The van der Waals surface area contributed by atoms with Crippen LogP contribution in [0.3, 0.4) is 0 Å². The van der Waals surface area contributed by atoms with E-state index in [4.69, 9.17) is 9.47 Å². The SMILES string of the molecule is COCC(COC)NCc1ccc(C(F)(F)F)cn1. The van der Waals surface area contributed by atoms with E-state index in [0.717, 1.165) is 12.3 Å². The summed E-state index contributed by atoms with van der Waals surface area (Å²) in [6.45, 7) is 1.26. The van der Waals surface area contributed by atoms with Crippen LogP contribution in [-0.2, 0) is 22.2 Å². The third-order valence-electron chi connectivity index (χ3n) is 2.46. The summed E-state index contributed by atoms with van der Waals surface area (Å²) in [5, 5.41) is 3.10. The molecule has 108 valence electrons. The second-order valence-corrected chi connectivity index (χ2v) is 4.02. The zero-order valence-corrected chi connectivity index (χ0v) is 10.8. The van der Waals surface area contributed by atoms with Crippen molar-refractivity contribution in [2.75, 3.05) is 27.4 Å². The molecule has 0 amide bonds. The molecule has 0 spiro atoms. The number of ether oxygens (including phenoxy) is 2. The number of halogens is 3. The first kappa shape index (κ1) is 15.9. The molecule has 0 saturated carbocycles. The Morgan fingerprint density at radius 2 is 1.84 bits per heavy atom. The summed E-state index contributed by atoms with van der Waals surface area (Å²) in [6, 6.07) is 2.34. The van der Waals surface area contributed by atoms with Gasteiger partial charge in [-0.25, -0.2) is 0 Å². The topological polar surface area (TPSA) is 43.4 Å². The Kier molecular flexibility index (Phi) is 6.20. The predicted molar refractivity (Wildman–Crippen MR) is 63.6 cm³/mol. The Balaban J connectivity index is 2.53. The van der Waals surface area contributed by atoms with Crippen LogP contribution in [0.4, 0.5) is 13.2 Å². The maximum Gasteiger partial charge on any atom is 0.417 e. The summed E-state index contributed by atoms with van der Waals surface area (Å²) < 4.78 is 47.0. The number of nitrogens with one attached hydrogen (secondary N) is 1. The monoisotopic (exact) mass is 278 g/mol. The number of aromatic nitrogens is 1. The number of pyridine rings is 1. The van der Waals surface area contributed by atoms with Crippen LogP contribution in [0.25, 0.3) is 0 Å². The Bertz CT molecular complexity index is 362. The van der Waals surface area contributed by atoms with Gasteiger partial charge in [0, 0.05) is 27.0 Å². The normalized spacial score (nSPS) is 12.1. The first-order valence-electron chi connectivity index (χ1n) is 5.70. The largest absolute Gasteiger partial charge is 0.417 e. The number of rotatable bonds is 7. The van der Waals surface area contributed by atoms with Crippen LogP contribution < -0.4 is 5.32 Å². The minimum absolute atomic E-state index is 0.0286. The summed E-state index contributed by atoms with van der Waals surface area (Å²) >= 11 is 0.